The van der Waals surface area contributed by atoms with Gasteiger partial charge in [0, 0.05) is 39.3 Å². The lowest BCUT2D eigenvalue weighted by molar-refractivity contribution is -0.137. The Morgan fingerprint density at radius 3 is 2.59 bits per heavy atom. The van der Waals surface area contributed by atoms with Crippen LogP contribution < -0.4 is 14.2 Å². The van der Waals surface area contributed by atoms with Gasteiger partial charge in [-0.2, -0.15) is 9.40 Å². The van der Waals surface area contributed by atoms with Gasteiger partial charge < -0.3 is 19.1 Å². The van der Waals surface area contributed by atoms with E-state index in [1.807, 2.05) is 0 Å². The van der Waals surface area contributed by atoms with E-state index in [1.54, 1.807) is 55.6 Å². The van der Waals surface area contributed by atoms with Crippen molar-refractivity contribution >= 4 is 15.9 Å². The molecule has 1 fully saturated rings. The molecule has 3 heterocycles. The average Bonchev–Trinajstić information content (AvgIpc) is 3.20. The Bertz CT molecular complexity index is 1130. The molecule has 32 heavy (non-hydrogen) atoms. The van der Waals surface area contributed by atoms with E-state index in [4.69, 9.17) is 14.2 Å². The van der Waals surface area contributed by atoms with Crippen LogP contribution in [0.15, 0.2) is 23.1 Å². The fourth-order valence-electron chi connectivity index (χ4n) is 4.07. The maximum Gasteiger partial charge on any atom is 0.263 e. The number of aryl methyl sites for hydroxylation is 2. The molecule has 0 saturated carbocycles. The number of benzene rings is 1. The maximum absolute atomic E-state index is 13.3. The summed E-state index contributed by atoms with van der Waals surface area (Å²) in [5.74, 6) is 1.55. The van der Waals surface area contributed by atoms with Crippen LogP contribution in [0.5, 0.6) is 17.2 Å². The Morgan fingerprint density at radius 1 is 1.12 bits per heavy atom. The number of hydrogen-bond donors (Lipinski definition) is 0. The molecule has 4 rings (SSSR count). The molecule has 0 N–H and O–H groups in total. The van der Waals surface area contributed by atoms with Gasteiger partial charge in [0.1, 0.15) is 10.6 Å². The smallest absolute Gasteiger partial charge is 0.263 e. The summed E-state index contributed by atoms with van der Waals surface area (Å²) in [5.41, 5.74) is 1.08. The summed E-state index contributed by atoms with van der Waals surface area (Å²) in [7, 11) is -1.97. The van der Waals surface area contributed by atoms with Crippen molar-refractivity contribution in [3.05, 3.63) is 29.6 Å². The first-order valence-corrected chi connectivity index (χ1v) is 12.0. The first-order valence-electron chi connectivity index (χ1n) is 10.5. The Kier molecular flexibility index (Phi) is 6.04. The Labute approximate surface area is 187 Å². The minimum absolute atomic E-state index is 0.165. The SMILES string of the molecule is Cc1nn(C)c(C)c1S(=O)(=O)N1CCCN(C(=O)C(C)Oc2ccc3c(c2)OCO3)CC1. The molecule has 1 unspecified atom stereocenters. The van der Waals surface area contributed by atoms with E-state index >= 15 is 0 Å². The van der Waals surface area contributed by atoms with E-state index in [-0.39, 0.29) is 24.1 Å². The molecule has 0 radical (unpaired) electrons. The van der Waals surface area contributed by atoms with Crippen LogP contribution >= 0.6 is 0 Å². The fourth-order valence-corrected chi connectivity index (χ4v) is 5.94. The van der Waals surface area contributed by atoms with Gasteiger partial charge in [0.05, 0.1) is 11.4 Å². The summed E-state index contributed by atoms with van der Waals surface area (Å²) in [4.78, 5) is 14.9. The Balaban J connectivity index is 1.41. The van der Waals surface area contributed by atoms with Crippen molar-refractivity contribution in [1.82, 2.24) is 19.0 Å². The molecule has 10 nitrogen and oxygen atoms in total. The van der Waals surface area contributed by atoms with Gasteiger partial charge in [-0.05, 0) is 39.3 Å². The van der Waals surface area contributed by atoms with E-state index in [9.17, 15) is 13.2 Å². The van der Waals surface area contributed by atoms with Gasteiger partial charge in [-0.1, -0.05) is 0 Å². The molecule has 174 valence electrons. The highest BCUT2D eigenvalue weighted by Gasteiger charge is 2.33. The van der Waals surface area contributed by atoms with E-state index < -0.39 is 16.1 Å². The quantitative estimate of drug-likeness (QED) is 0.660. The van der Waals surface area contributed by atoms with E-state index in [0.717, 1.165) is 0 Å². The van der Waals surface area contributed by atoms with Crippen LogP contribution in [0, 0.1) is 13.8 Å². The van der Waals surface area contributed by atoms with Crippen molar-refractivity contribution in [3.8, 4) is 17.2 Å². The predicted octanol–water partition coefficient (Wildman–Crippen LogP) is 1.46. The molecule has 2 aliphatic rings. The highest BCUT2D eigenvalue weighted by molar-refractivity contribution is 7.89. The van der Waals surface area contributed by atoms with Gasteiger partial charge in [0.25, 0.3) is 5.91 Å². The predicted molar refractivity (Wildman–Crippen MR) is 115 cm³/mol. The van der Waals surface area contributed by atoms with Crippen molar-refractivity contribution < 1.29 is 27.4 Å². The first kappa shape index (κ1) is 22.4. The number of sulfonamides is 1. The van der Waals surface area contributed by atoms with Gasteiger partial charge >= 0.3 is 0 Å². The van der Waals surface area contributed by atoms with Crippen molar-refractivity contribution in [2.45, 2.75) is 38.2 Å². The molecule has 2 aromatic rings. The molecule has 0 spiro atoms. The van der Waals surface area contributed by atoms with Gasteiger partial charge in [0.15, 0.2) is 17.6 Å². The van der Waals surface area contributed by atoms with Crippen LogP contribution in [-0.2, 0) is 21.9 Å². The van der Waals surface area contributed by atoms with Crippen LogP contribution in [0.25, 0.3) is 0 Å². The number of carbonyl (C=O) groups is 1. The lowest BCUT2D eigenvalue weighted by atomic mass is 10.2. The van der Waals surface area contributed by atoms with E-state index in [0.29, 0.717) is 54.7 Å². The number of nitrogens with zero attached hydrogens (tertiary/aromatic N) is 4. The lowest BCUT2D eigenvalue weighted by Crippen LogP contribution is -2.43. The number of aromatic nitrogens is 2. The monoisotopic (exact) mass is 464 g/mol. The second kappa shape index (κ2) is 8.62. The fraction of sp³-hybridized carbons (Fsp3) is 0.524. The van der Waals surface area contributed by atoms with Crippen LogP contribution in [-0.4, -0.2) is 72.4 Å². The first-order chi connectivity index (χ1) is 15.2. The zero-order chi connectivity index (χ0) is 23.0. The standard InChI is InChI=1S/C21H28N4O6S/c1-14-20(15(2)23(4)22-14)32(27,28)25-9-5-8-24(10-11-25)21(26)16(3)31-17-6-7-18-19(12-17)30-13-29-18/h6-7,12,16H,5,8-11,13H2,1-4H3. The number of ether oxygens (including phenoxy) is 3. The summed E-state index contributed by atoms with van der Waals surface area (Å²) in [6.07, 6.45) is -0.179. The number of fused-ring (bicyclic) bond motifs is 1. The molecule has 11 heteroatoms. The van der Waals surface area contributed by atoms with Crippen LogP contribution in [0.1, 0.15) is 24.7 Å². The Hall–Kier alpha value is -2.79. The molecule has 1 amide bonds. The molecule has 2 aliphatic heterocycles. The van der Waals surface area contributed by atoms with E-state index in [2.05, 4.69) is 5.10 Å². The number of carbonyl (C=O) groups excluding carboxylic acids is 1. The minimum Gasteiger partial charge on any atom is -0.481 e. The highest BCUT2D eigenvalue weighted by Crippen LogP contribution is 2.35. The summed E-state index contributed by atoms with van der Waals surface area (Å²) in [6.45, 7) is 6.62. The minimum atomic E-state index is -3.69. The zero-order valence-corrected chi connectivity index (χ0v) is 19.5. The molecule has 1 aromatic carbocycles. The molecular weight excluding hydrogens is 436 g/mol. The third-order valence-electron chi connectivity index (χ3n) is 5.81. The topological polar surface area (TPSA) is 103 Å². The van der Waals surface area contributed by atoms with Crippen molar-refractivity contribution in [1.29, 1.82) is 0 Å². The zero-order valence-electron chi connectivity index (χ0n) is 18.7. The van der Waals surface area contributed by atoms with Crippen LogP contribution in [0.2, 0.25) is 0 Å². The van der Waals surface area contributed by atoms with Crippen LogP contribution in [0.3, 0.4) is 0 Å². The number of hydrogen-bond acceptors (Lipinski definition) is 7. The van der Waals surface area contributed by atoms with Gasteiger partial charge in [0.2, 0.25) is 16.8 Å². The maximum atomic E-state index is 13.3. The summed E-state index contributed by atoms with van der Waals surface area (Å²) < 4.78 is 46.0. The third kappa shape index (κ3) is 4.14. The highest BCUT2D eigenvalue weighted by atomic mass is 32.2. The lowest BCUT2D eigenvalue weighted by Gasteiger charge is -2.25. The molecule has 0 bridgehead atoms. The normalized spacial score (nSPS) is 17.8. The van der Waals surface area contributed by atoms with Crippen molar-refractivity contribution in [2.75, 3.05) is 33.0 Å². The van der Waals surface area contributed by atoms with Gasteiger partial charge in [-0.3, -0.25) is 9.48 Å². The van der Waals surface area contributed by atoms with Crippen molar-refractivity contribution in [3.63, 3.8) is 0 Å². The summed E-state index contributed by atoms with van der Waals surface area (Å²) in [5, 5.41) is 4.24. The van der Waals surface area contributed by atoms with Crippen molar-refractivity contribution in [2.24, 2.45) is 7.05 Å². The summed E-state index contributed by atoms with van der Waals surface area (Å²) >= 11 is 0. The number of amides is 1. The largest absolute Gasteiger partial charge is 0.481 e. The third-order valence-corrected chi connectivity index (χ3v) is 7.96. The molecule has 1 saturated heterocycles. The van der Waals surface area contributed by atoms with Crippen LogP contribution in [0.4, 0.5) is 0 Å². The molecular formula is C21H28N4O6S. The van der Waals surface area contributed by atoms with Gasteiger partial charge in [-0.15, -0.1) is 0 Å². The molecule has 0 aliphatic carbocycles. The molecule has 1 aromatic heterocycles. The second-order valence-electron chi connectivity index (χ2n) is 7.98. The number of rotatable bonds is 5. The second-order valence-corrected chi connectivity index (χ2v) is 9.86. The molecule has 1 atom stereocenters. The average molecular weight is 465 g/mol. The van der Waals surface area contributed by atoms with E-state index in [1.165, 1.54) is 4.31 Å². The Morgan fingerprint density at radius 2 is 1.88 bits per heavy atom. The summed E-state index contributed by atoms with van der Waals surface area (Å²) in [6, 6.07) is 5.17. The van der Waals surface area contributed by atoms with Gasteiger partial charge in [-0.25, -0.2) is 8.42 Å².